The number of ether oxygens (including phenoxy) is 1. The number of carbonyl (C=O) groups excluding carboxylic acids is 1. The average Bonchev–Trinajstić information content (AvgIpc) is 2.91. The lowest BCUT2D eigenvalue weighted by Gasteiger charge is -2.01. The molecule has 4 nitrogen and oxygen atoms in total. The molecule has 26 heavy (non-hydrogen) atoms. The Labute approximate surface area is 154 Å². The molecular formula is C20H16FNO3S. The van der Waals surface area contributed by atoms with Crippen LogP contribution in [-0.4, -0.2) is 23.2 Å². The fourth-order valence-corrected chi connectivity index (χ4v) is 3.47. The topological polar surface area (TPSA) is 58.9 Å². The Morgan fingerprint density at radius 1 is 1.23 bits per heavy atom. The van der Waals surface area contributed by atoms with Crippen LogP contribution in [0.15, 0.2) is 69.8 Å². The van der Waals surface area contributed by atoms with Crippen molar-refractivity contribution in [3.63, 3.8) is 0 Å². The first-order chi connectivity index (χ1) is 12.5. The first-order valence-corrected chi connectivity index (χ1v) is 8.62. The maximum absolute atomic E-state index is 13.1. The van der Waals surface area contributed by atoms with Crippen molar-refractivity contribution < 1.29 is 19.0 Å². The number of rotatable bonds is 3. The molecule has 0 bridgehead atoms. The average molecular weight is 369 g/mol. The normalized spacial score (nSPS) is 17.2. The Bertz CT molecular complexity index is 946. The zero-order valence-electron chi connectivity index (χ0n) is 14.2. The summed E-state index contributed by atoms with van der Waals surface area (Å²) < 4.78 is 17.8. The summed E-state index contributed by atoms with van der Waals surface area (Å²) in [5.74, 6) is -1.23. The van der Waals surface area contributed by atoms with Gasteiger partial charge >= 0.3 is 5.97 Å². The second-order valence-electron chi connectivity index (χ2n) is 5.63. The molecule has 1 N–H and O–H groups in total. The molecule has 1 heterocycles. The van der Waals surface area contributed by atoms with Gasteiger partial charge in [-0.15, -0.1) is 0 Å². The second kappa shape index (κ2) is 7.58. The van der Waals surface area contributed by atoms with Crippen LogP contribution in [0.4, 0.5) is 10.1 Å². The van der Waals surface area contributed by atoms with Gasteiger partial charge in [0.2, 0.25) is 0 Å². The summed E-state index contributed by atoms with van der Waals surface area (Å²) in [6, 6.07) is 13.3. The summed E-state index contributed by atoms with van der Waals surface area (Å²) in [5, 5.41) is 10.8. The van der Waals surface area contributed by atoms with Crippen molar-refractivity contribution in [3.8, 4) is 0 Å². The molecule has 0 amide bonds. The summed E-state index contributed by atoms with van der Waals surface area (Å²) in [5.41, 5.74) is 2.45. The number of aryl methyl sites for hydroxylation is 1. The fourth-order valence-electron chi connectivity index (χ4n) is 2.43. The second-order valence-corrected chi connectivity index (χ2v) is 6.66. The minimum absolute atomic E-state index is 0.000674. The van der Waals surface area contributed by atoms with Crippen LogP contribution >= 0.6 is 11.8 Å². The molecule has 0 atom stereocenters. The number of carbonyl (C=O) groups is 1. The molecule has 1 aliphatic rings. The maximum Gasteiger partial charge on any atom is 0.344 e. The van der Waals surface area contributed by atoms with E-state index in [9.17, 15) is 14.3 Å². The standard InChI is InChI=1S/C20H16FNO3S/c1-12-4-3-5-13(10-12)11-16-18(23)17(20(24)25-2)19(26-16)22-15-8-6-14(21)7-9-15/h3-11,23H,1-2H3. The Hall–Kier alpha value is -2.86. The molecule has 0 saturated heterocycles. The van der Waals surface area contributed by atoms with Crippen LogP contribution in [0.25, 0.3) is 6.08 Å². The molecule has 0 radical (unpaired) electrons. The van der Waals surface area contributed by atoms with Gasteiger partial charge in [-0.1, -0.05) is 41.6 Å². The SMILES string of the molecule is COC(=O)C1=C(O)C(=Cc2cccc(C)c2)SC1=Nc1ccc(F)cc1. The molecule has 0 aromatic heterocycles. The lowest BCUT2D eigenvalue weighted by Crippen LogP contribution is -2.10. The van der Waals surface area contributed by atoms with Crippen molar-refractivity contribution in [2.24, 2.45) is 4.99 Å². The van der Waals surface area contributed by atoms with Gasteiger partial charge < -0.3 is 9.84 Å². The van der Waals surface area contributed by atoms with Gasteiger partial charge in [0.1, 0.15) is 22.2 Å². The molecule has 6 heteroatoms. The number of hydrogen-bond acceptors (Lipinski definition) is 5. The third-order valence-electron chi connectivity index (χ3n) is 3.68. The van der Waals surface area contributed by atoms with Crippen molar-refractivity contribution in [2.45, 2.75) is 6.92 Å². The molecule has 2 aromatic carbocycles. The van der Waals surface area contributed by atoms with Crippen LogP contribution < -0.4 is 0 Å². The van der Waals surface area contributed by atoms with Crippen LogP contribution in [0.3, 0.4) is 0 Å². The van der Waals surface area contributed by atoms with Crippen molar-refractivity contribution in [2.75, 3.05) is 7.11 Å². The zero-order chi connectivity index (χ0) is 18.7. The first kappa shape index (κ1) is 17.9. The number of aliphatic hydroxyl groups is 1. The third-order valence-corrected chi connectivity index (χ3v) is 4.70. The van der Waals surface area contributed by atoms with Gasteiger partial charge in [-0.2, -0.15) is 0 Å². The highest BCUT2D eigenvalue weighted by atomic mass is 32.2. The van der Waals surface area contributed by atoms with Crippen molar-refractivity contribution >= 4 is 34.5 Å². The first-order valence-electron chi connectivity index (χ1n) is 7.80. The lowest BCUT2D eigenvalue weighted by atomic mass is 10.1. The van der Waals surface area contributed by atoms with E-state index in [1.807, 2.05) is 31.2 Å². The molecule has 132 valence electrons. The Morgan fingerprint density at radius 2 is 1.96 bits per heavy atom. The van der Waals surface area contributed by atoms with Crippen molar-refractivity contribution in [1.29, 1.82) is 0 Å². The summed E-state index contributed by atoms with van der Waals surface area (Å²) >= 11 is 1.16. The van der Waals surface area contributed by atoms with E-state index in [2.05, 4.69) is 4.99 Å². The Morgan fingerprint density at radius 3 is 2.62 bits per heavy atom. The van der Waals surface area contributed by atoms with E-state index in [-0.39, 0.29) is 17.1 Å². The van der Waals surface area contributed by atoms with Gasteiger partial charge in [-0.05, 0) is 42.8 Å². The van der Waals surface area contributed by atoms with Crippen molar-refractivity contribution in [1.82, 2.24) is 0 Å². The van der Waals surface area contributed by atoms with E-state index in [0.29, 0.717) is 15.6 Å². The predicted octanol–water partition coefficient (Wildman–Crippen LogP) is 4.94. The van der Waals surface area contributed by atoms with Gasteiger partial charge in [0.25, 0.3) is 0 Å². The minimum atomic E-state index is -0.677. The number of hydrogen-bond donors (Lipinski definition) is 1. The van der Waals surface area contributed by atoms with E-state index in [1.165, 1.54) is 31.4 Å². The number of halogens is 1. The van der Waals surface area contributed by atoms with Crippen LogP contribution in [0.2, 0.25) is 0 Å². The smallest absolute Gasteiger partial charge is 0.344 e. The monoisotopic (exact) mass is 369 g/mol. The molecule has 0 fully saturated rings. The van der Waals surface area contributed by atoms with E-state index < -0.39 is 5.97 Å². The van der Waals surface area contributed by atoms with E-state index in [4.69, 9.17) is 4.74 Å². The fraction of sp³-hybridized carbons (Fsp3) is 0.100. The summed E-state index contributed by atoms with van der Waals surface area (Å²) in [4.78, 5) is 17.0. The molecule has 0 spiro atoms. The number of aliphatic hydroxyl groups excluding tert-OH is 1. The molecule has 1 aliphatic heterocycles. The van der Waals surface area contributed by atoms with Crippen LogP contribution in [0.1, 0.15) is 11.1 Å². The molecule has 0 aliphatic carbocycles. The molecule has 3 rings (SSSR count). The van der Waals surface area contributed by atoms with Gasteiger partial charge in [0.15, 0.2) is 0 Å². The minimum Gasteiger partial charge on any atom is -0.506 e. The highest BCUT2D eigenvalue weighted by molar-refractivity contribution is 8.18. The van der Waals surface area contributed by atoms with Gasteiger partial charge in [-0.25, -0.2) is 14.2 Å². The van der Waals surface area contributed by atoms with Gasteiger partial charge in [0, 0.05) is 0 Å². The zero-order valence-corrected chi connectivity index (χ0v) is 15.0. The third kappa shape index (κ3) is 3.86. The Kier molecular flexibility index (Phi) is 5.23. The maximum atomic E-state index is 13.1. The largest absolute Gasteiger partial charge is 0.506 e. The van der Waals surface area contributed by atoms with Crippen LogP contribution in [0, 0.1) is 12.7 Å². The van der Waals surface area contributed by atoms with E-state index in [1.54, 1.807) is 6.08 Å². The number of methoxy groups -OCH3 is 1. The van der Waals surface area contributed by atoms with Crippen LogP contribution in [-0.2, 0) is 9.53 Å². The summed E-state index contributed by atoms with van der Waals surface area (Å²) in [6.45, 7) is 1.97. The number of benzene rings is 2. The predicted molar refractivity (Wildman–Crippen MR) is 102 cm³/mol. The van der Waals surface area contributed by atoms with E-state index >= 15 is 0 Å². The Balaban J connectivity index is 2.04. The molecule has 0 unspecified atom stereocenters. The molecule has 0 saturated carbocycles. The van der Waals surface area contributed by atoms with Crippen molar-refractivity contribution in [3.05, 3.63) is 81.7 Å². The molecule has 2 aromatic rings. The van der Waals surface area contributed by atoms with Gasteiger partial charge in [0.05, 0.1) is 17.7 Å². The summed E-state index contributed by atoms with van der Waals surface area (Å²) in [7, 11) is 1.24. The molecular weight excluding hydrogens is 353 g/mol. The number of thioether (sulfide) groups is 1. The highest BCUT2D eigenvalue weighted by Gasteiger charge is 2.32. The number of aliphatic imine (C=N–C) groups is 1. The number of esters is 1. The quantitative estimate of drug-likeness (QED) is 0.779. The van der Waals surface area contributed by atoms with E-state index in [0.717, 1.165) is 22.9 Å². The van der Waals surface area contributed by atoms with Crippen LogP contribution in [0.5, 0.6) is 0 Å². The number of nitrogens with zero attached hydrogens (tertiary/aromatic N) is 1. The summed E-state index contributed by atoms with van der Waals surface area (Å²) in [6.07, 6.45) is 1.78. The van der Waals surface area contributed by atoms with Gasteiger partial charge in [-0.3, -0.25) is 0 Å². The lowest BCUT2D eigenvalue weighted by molar-refractivity contribution is -0.135. The highest BCUT2D eigenvalue weighted by Crippen LogP contribution is 2.40.